The molecule has 1 aromatic carbocycles. The molecule has 0 atom stereocenters. The van der Waals surface area contributed by atoms with Crippen LogP contribution in [0.25, 0.3) is 11.4 Å². The van der Waals surface area contributed by atoms with Gasteiger partial charge < -0.3 is 9.09 Å². The second kappa shape index (κ2) is 6.75. The van der Waals surface area contributed by atoms with E-state index >= 15 is 0 Å². The molecular weight excluding hydrogens is 326 g/mol. The van der Waals surface area contributed by atoms with Crippen LogP contribution < -0.4 is 0 Å². The highest BCUT2D eigenvalue weighted by molar-refractivity contribution is 6.30. The second-order valence-corrected chi connectivity index (χ2v) is 6.47. The lowest BCUT2D eigenvalue weighted by Crippen LogP contribution is -2.34. The van der Waals surface area contributed by atoms with E-state index in [1.54, 1.807) is 0 Å². The van der Waals surface area contributed by atoms with E-state index in [-0.39, 0.29) is 0 Å². The van der Waals surface area contributed by atoms with E-state index < -0.39 is 0 Å². The van der Waals surface area contributed by atoms with Crippen molar-refractivity contribution < 1.29 is 4.52 Å². The lowest BCUT2D eigenvalue weighted by Gasteiger charge is -2.31. The lowest BCUT2D eigenvalue weighted by molar-refractivity contribution is 0.161. The fraction of sp³-hybridized carbons (Fsp3) is 0.353. The van der Waals surface area contributed by atoms with Gasteiger partial charge in [-0.15, -0.1) is 0 Å². The van der Waals surface area contributed by atoms with Crippen LogP contribution in [0.1, 0.15) is 24.8 Å². The molecular formula is C17H18ClN5O. The number of hydrogen-bond acceptors (Lipinski definition) is 5. The minimum Gasteiger partial charge on any atom is -0.338 e. The van der Waals surface area contributed by atoms with Gasteiger partial charge in [0.1, 0.15) is 0 Å². The fourth-order valence-corrected chi connectivity index (χ4v) is 3.21. The maximum absolute atomic E-state index is 5.91. The monoisotopic (exact) mass is 343 g/mol. The second-order valence-electron chi connectivity index (χ2n) is 6.04. The van der Waals surface area contributed by atoms with Gasteiger partial charge in [-0.1, -0.05) is 16.8 Å². The van der Waals surface area contributed by atoms with Crippen LogP contribution in [0, 0.1) is 0 Å². The molecule has 0 spiro atoms. The van der Waals surface area contributed by atoms with Gasteiger partial charge in [-0.3, -0.25) is 4.90 Å². The first-order chi connectivity index (χ1) is 11.8. The summed E-state index contributed by atoms with van der Waals surface area (Å²) in [7, 11) is 0. The molecule has 1 saturated heterocycles. The molecule has 0 N–H and O–H groups in total. The molecule has 0 amide bonds. The molecule has 1 fully saturated rings. The number of likely N-dealkylation sites (tertiary alicyclic amines) is 1. The van der Waals surface area contributed by atoms with Crippen LogP contribution in [0.5, 0.6) is 0 Å². The molecule has 0 saturated carbocycles. The van der Waals surface area contributed by atoms with Crippen LogP contribution in [0.2, 0.25) is 5.02 Å². The van der Waals surface area contributed by atoms with E-state index in [1.807, 2.05) is 43.0 Å². The topological polar surface area (TPSA) is 60.0 Å². The normalized spacial score (nSPS) is 16.5. The van der Waals surface area contributed by atoms with Crippen LogP contribution >= 0.6 is 11.6 Å². The van der Waals surface area contributed by atoms with Gasteiger partial charge >= 0.3 is 0 Å². The van der Waals surface area contributed by atoms with E-state index in [2.05, 4.69) is 24.6 Å². The first-order valence-corrected chi connectivity index (χ1v) is 8.44. The van der Waals surface area contributed by atoms with E-state index in [9.17, 15) is 0 Å². The van der Waals surface area contributed by atoms with Crippen molar-refractivity contribution in [3.8, 4) is 11.4 Å². The lowest BCUT2D eigenvalue weighted by atomic mass is 10.1. The molecule has 0 aliphatic carbocycles. The molecule has 4 rings (SSSR count). The van der Waals surface area contributed by atoms with Crippen LogP contribution in [-0.2, 0) is 6.54 Å². The van der Waals surface area contributed by atoms with Gasteiger partial charge in [0.2, 0.25) is 11.7 Å². The number of hydrogen-bond donors (Lipinski definition) is 0. The number of imidazole rings is 1. The van der Waals surface area contributed by atoms with Crippen molar-refractivity contribution in [1.82, 2.24) is 24.6 Å². The Morgan fingerprint density at radius 3 is 2.67 bits per heavy atom. The highest BCUT2D eigenvalue weighted by atomic mass is 35.5. The van der Waals surface area contributed by atoms with Crippen molar-refractivity contribution in [2.24, 2.45) is 0 Å². The van der Waals surface area contributed by atoms with Gasteiger partial charge in [0.15, 0.2) is 0 Å². The van der Waals surface area contributed by atoms with Gasteiger partial charge in [-0.2, -0.15) is 4.98 Å². The molecule has 0 bridgehead atoms. The number of aromatic nitrogens is 4. The zero-order chi connectivity index (χ0) is 16.4. The minimum absolute atomic E-state index is 0.538. The Hall–Kier alpha value is -2.18. The van der Waals surface area contributed by atoms with E-state index in [4.69, 9.17) is 16.1 Å². The summed E-state index contributed by atoms with van der Waals surface area (Å²) < 4.78 is 7.60. The quantitative estimate of drug-likeness (QED) is 0.726. The highest BCUT2D eigenvalue weighted by Crippen LogP contribution is 2.24. The molecule has 3 heterocycles. The molecule has 0 radical (unpaired) electrons. The number of rotatable bonds is 4. The van der Waals surface area contributed by atoms with Crippen LogP contribution in [-0.4, -0.2) is 37.7 Å². The Bertz CT molecular complexity index is 776. The molecule has 1 aliphatic rings. The maximum Gasteiger partial charge on any atom is 0.241 e. The van der Waals surface area contributed by atoms with Gasteiger partial charge in [-0.25, -0.2) is 4.98 Å². The van der Waals surface area contributed by atoms with Gasteiger partial charge in [0.25, 0.3) is 0 Å². The largest absolute Gasteiger partial charge is 0.338 e. The summed E-state index contributed by atoms with van der Waals surface area (Å²) in [6, 6.07) is 7.99. The van der Waals surface area contributed by atoms with Gasteiger partial charge in [0, 0.05) is 42.1 Å². The summed E-state index contributed by atoms with van der Waals surface area (Å²) in [5.41, 5.74) is 0.910. The third kappa shape index (κ3) is 3.34. The zero-order valence-corrected chi connectivity index (χ0v) is 13.9. The first kappa shape index (κ1) is 15.4. The number of benzene rings is 1. The zero-order valence-electron chi connectivity index (χ0n) is 13.2. The molecule has 6 nitrogen and oxygen atoms in total. The first-order valence-electron chi connectivity index (χ1n) is 8.06. The van der Waals surface area contributed by atoms with Crippen molar-refractivity contribution in [3.63, 3.8) is 0 Å². The van der Waals surface area contributed by atoms with Crippen LogP contribution in [0.15, 0.2) is 47.5 Å². The third-order valence-corrected chi connectivity index (χ3v) is 4.68. The minimum atomic E-state index is 0.538. The Balaban J connectivity index is 1.36. The summed E-state index contributed by atoms with van der Waals surface area (Å²) in [5.74, 6) is 1.26. The molecule has 0 unspecified atom stereocenters. The molecule has 1 aliphatic heterocycles. The summed E-state index contributed by atoms with van der Waals surface area (Å²) in [6.45, 7) is 2.72. The highest BCUT2D eigenvalue weighted by Gasteiger charge is 2.22. The van der Waals surface area contributed by atoms with Crippen molar-refractivity contribution >= 4 is 11.6 Å². The average molecular weight is 344 g/mol. The van der Waals surface area contributed by atoms with Crippen molar-refractivity contribution in [2.75, 3.05) is 13.1 Å². The van der Waals surface area contributed by atoms with Crippen molar-refractivity contribution in [3.05, 3.63) is 53.9 Å². The molecule has 2 aromatic heterocycles. The summed E-state index contributed by atoms with van der Waals surface area (Å²) in [5, 5.41) is 4.77. The predicted octanol–water partition coefficient (Wildman–Crippen LogP) is 3.42. The summed E-state index contributed by atoms with van der Waals surface area (Å²) in [4.78, 5) is 11.0. The molecule has 24 heavy (non-hydrogen) atoms. The van der Waals surface area contributed by atoms with E-state index in [0.717, 1.165) is 31.5 Å². The molecule has 124 valence electrons. The van der Waals surface area contributed by atoms with E-state index in [0.29, 0.717) is 29.3 Å². The predicted molar refractivity (Wildman–Crippen MR) is 90.5 cm³/mol. The Kier molecular flexibility index (Phi) is 4.32. The molecule has 7 heteroatoms. The molecule has 3 aromatic rings. The van der Waals surface area contributed by atoms with Crippen LogP contribution in [0.4, 0.5) is 0 Å². The van der Waals surface area contributed by atoms with Crippen molar-refractivity contribution in [2.45, 2.75) is 25.4 Å². The summed E-state index contributed by atoms with van der Waals surface area (Å²) >= 11 is 5.91. The average Bonchev–Trinajstić information content (AvgIpc) is 3.28. The number of piperidine rings is 1. The third-order valence-electron chi connectivity index (χ3n) is 4.43. The van der Waals surface area contributed by atoms with Crippen molar-refractivity contribution in [1.29, 1.82) is 0 Å². The fourth-order valence-electron chi connectivity index (χ4n) is 3.09. The summed E-state index contributed by atoms with van der Waals surface area (Å²) in [6.07, 6.45) is 7.99. The Labute approximate surface area is 145 Å². The van der Waals surface area contributed by atoms with Gasteiger partial charge in [-0.05, 0) is 37.1 Å². The SMILES string of the molecule is Clc1ccc(-c2noc(CN3CCC(n4ccnc4)CC3)n2)cc1. The smallest absolute Gasteiger partial charge is 0.241 e. The van der Waals surface area contributed by atoms with Gasteiger partial charge in [0.05, 0.1) is 12.9 Å². The van der Waals surface area contributed by atoms with E-state index in [1.165, 1.54) is 0 Å². The number of halogens is 1. The standard InChI is InChI=1S/C17H18ClN5O/c18-14-3-1-13(2-4-14)17-20-16(24-21-17)11-22-8-5-15(6-9-22)23-10-7-19-12-23/h1-4,7,10,12,15H,5-6,8-9,11H2. The maximum atomic E-state index is 5.91. The Morgan fingerprint density at radius 2 is 1.96 bits per heavy atom. The number of nitrogens with zero attached hydrogens (tertiary/aromatic N) is 5. The van der Waals surface area contributed by atoms with Crippen LogP contribution in [0.3, 0.4) is 0 Å². The Morgan fingerprint density at radius 1 is 1.17 bits per heavy atom.